The molecule has 27 heavy (non-hydrogen) atoms. The highest BCUT2D eigenvalue weighted by Gasteiger charge is 2.11. The largest absolute Gasteiger partial charge is 0.497 e. The van der Waals surface area contributed by atoms with Gasteiger partial charge in [-0.15, -0.1) is 0 Å². The van der Waals surface area contributed by atoms with E-state index >= 15 is 0 Å². The number of nitrogens with zero attached hydrogens (tertiary/aromatic N) is 2. The van der Waals surface area contributed by atoms with Crippen LogP contribution in [0.4, 0.5) is 0 Å². The van der Waals surface area contributed by atoms with Crippen molar-refractivity contribution in [2.45, 2.75) is 26.2 Å². The summed E-state index contributed by atoms with van der Waals surface area (Å²) in [6.45, 7) is 6.57. The summed E-state index contributed by atoms with van der Waals surface area (Å²) >= 11 is 0. The van der Waals surface area contributed by atoms with Crippen LogP contribution in [0.2, 0.25) is 0 Å². The van der Waals surface area contributed by atoms with Crippen molar-refractivity contribution in [2.75, 3.05) is 33.4 Å². The van der Waals surface area contributed by atoms with Crippen LogP contribution in [0.15, 0.2) is 48.5 Å². The molecule has 2 heterocycles. The molecule has 1 fully saturated rings. The molecule has 0 aliphatic carbocycles. The fourth-order valence-electron chi connectivity index (χ4n) is 3.98. The second-order valence-corrected chi connectivity index (χ2v) is 7.29. The van der Waals surface area contributed by atoms with E-state index in [0.29, 0.717) is 0 Å². The molecule has 3 aromatic rings. The van der Waals surface area contributed by atoms with E-state index < -0.39 is 0 Å². The zero-order chi connectivity index (χ0) is 18.6. The Kier molecular flexibility index (Phi) is 5.35. The van der Waals surface area contributed by atoms with Crippen molar-refractivity contribution in [3.8, 4) is 17.2 Å². The number of fused-ring (bicyclic) bond motifs is 1. The molecule has 4 nitrogen and oxygen atoms in total. The van der Waals surface area contributed by atoms with Crippen molar-refractivity contribution >= 4 is 10.9 Å². The Hall–Kier alpha value is -2.46. The normalized spacial score (nSPS) is 14.7. The van der Waals surface area contributed by atoms with Crippen molar-refractivity contribution in [3.05, 3.63) is 54.2 Å². The molecule has 0 spiro atoms. The van der Waals surface area contributed by atoms with Crippen molar-refractivity contribution in [1.29, 1.82) is 0 Å². The lowest BCUT2D eigenvalue weighted by Crippen LogP contribution is -2.21. The van der Waals surface area contributed by atoms with E-state index in [1.165, 1.54) is 42.5 Å². The number of rotatable bonds is 7. The van der Waals surface area contributed by atoms with Crippen LogP contribution in [0.5, 0.6) is 11.5 Å². The first-order valence-electron chi connectivity index (χ1n) is 9.86. The van der Waals surface area contributed by atoms with Gasteiger partial charge in [0.15, 0.2) is 0 Å². The third-order valence-corrected chi connectivity index (χ3v) is 5.37. The fourth-order valence-corrected chi connectivity index (χ4v) is 3.98. The smallest absolute Gasteiger partial charge is 0.119 e. The first kappa shape index (κ1) is 17.9. The first-order valence-corrected chi connectivity index (χ1v) is 9.86. The third-order valence-electron chi connectivity index (χ3n) is 5.37. The van der Waals surface area contributed by atoms with Gasteiger partial charge in [0.1, 0.15) is 11.5 Å². The number of methoxy groups -OCH3 is 1. The highest BCUT2D eigenvalue weighted by molar-refractivity contribution is 5.84. The van der Waals surface area contributed by atoms with Gasteiger partial charge >= 0.3 is 0 Å². The highest BCUT2D eigenvalue weighted by Crippen LogP contribution is 2.28. The van der Waals surface area contributed by atoms with Crippen molar-refractivity contribution in [3.63, 3.8) is 0 Å². The van der Waals surface area contributed by atoms with Crippen LogP contribution >= 0.6 is 0 Å². The van der Waals surface area contributed by atoms with Gasteiger partial charge in [-0.05, 0) is 87.8 Å². The van der Waals surface area contributed by atoms with Crippen molar-refractivity contribution in [2.24, 2.45) is 0 Å². The second-order valence-electron chi connectivity index (χ2n) is 7.29. The summed E-state index contributed by atoms with van der Waals surface area (Å²) in [4.78, 5) is 2.53. The molecular weight excluding hydrogens is 336 g/mol. The maximum atomic E-state index is 5.93. The molecule has 0 bridgehead atoms. The van der Waals surface area contributed by atoms with E-state index in [1.807, 2.05) is 6.07 Å². The maximum absolute atomic E-state index is 5.93. The van der Waals surface area contributed by atoms with Crippen LogP contribution in [0.25, 0.3) is 16.6 Å². The van der Waals surface area contributed by atoms with E-state index in [2.05, 4.69) is 58.9 Å². The average molecular weight is 364 g/mol. The van der Waals surface area contributed by atoms with Gasteiger partial charge in [0, 0.05) is 23.3 Å². The predicted octanol–water partition coefficient (Wildman–Crippen LogP) is 4.81. The first-order chi connectivity index (χ1) is 13.2. The topological polar surface area (TPSA) is 26.6 Å². The third kappa shape index (κ3) is 3.96. The van der Waals surface area contributed by atoms with Crippen molar-refractivity contribution < 1.29 is 9.47 Å². The van der Waals surface area contributed by atoms with E-state index in [4.69, 9.17) is 9.47 Å². The molecule has 0 atom stereocenters. The summed E-state index contributed by atoms with van der Waals surface area (Å²) in [5.74, 6) is 1.83. The summed E-state index contributed by atoms with van der Waals surface area (Å²) in [5.41, 5.74) is 3.54. The molecule has 4 rings (SSSR count). The standard InChI is InChI=1S/C23H28N2O2/c1-18-16-19-17-22(26-2)10-11-23(19)25(18)20-6-8-21(9-7-20)27-15-5-14-24-12-3-4-13-24/h6-11,16-17H,3-5,12-15H2,1-2H3. The summed E-state index contributed by atoms with van der Waals surface area (Å²) in [5, 5.41) is 1.19. The molecule has 1 aromatic heterocycles. The van der Waals surface area contributed by atoms with E-state index in [-0.39, 0.29) is 0 Å². The Bertz CT molecular complexity index is 893. The molecule has 0 N–H and O–H groups in total. The van der Waals surface area contributed by atoms with Crippen molar-refractivity contribution in [1.82, 2.24) is 9.47 Å². The molecule has 4 heteroatoms. The van der Waals surface area contributed by atoms with Gasteiger partial charge in [-0.25, -0.2) is 0 Å². The van der Waals surface area contributed by atoms with Crippen LogP contribution in [0, 0.1) is 6.92 Å². The molecule has 1 aliphatic heterocycles. The molecule has 2 aromatic carbocycles. The Morgan fingerprint density at radius 3 is 2.41 bits per heavy atom. The molecule has 142 valence electrons. The minimum Gasteiger partial charge on any atom is -0.497 e. The van der Waals surface area contributed by atoms with Gasteiger partial charge in [-0.2, -0.15) is 0 Å². The molecule has 0 unspecified atom stereocenters. The van der Waals surface area contributed by atoms with Gasteiger partial charge in [0.25, 0.3) is 0 Å². The summed E-state index contributed by atoms with van der Waals surface area (Å²) in [6, 6.07) is 16.8. The molecule has 1 saturated heterocycles. The summed E-state index contributed by atoms with van der Waals surface area (Å²) in [7, 11) is 1.70. The Morgan fingerprint density at radius 2 is 1.67 bits per heavy atom. The summed E-state index contributed by atoms with van der Waals surface area (Å²) < 4.78 is 13.5. The number of likely N-dealkylation sites (tertiary alicyclic amines) is 1. The second kappa shape index (κ2) is 8.05. The number of ether oxygens (including phenoxy) is 2. The minimum absolute atomic E-state index is 0.779. The van der Waals surface area contributed by atoms with Crippen LogP contribution in [-0.4, -0.2) is 42.8 Å². The SMILES string of the molecule is COc1ccc2c(c1)cc(C)n2-c1ccc(OCCCN2CCCC2)cc1. The minimum atomic E-state index is 0.779. The Labute approximate surface area is 161 Å². The maximum Gasteiger partial charge on any atom is 0.119 e. The van der Waals surface area contributed by atoms with E-state index in [9.17, 15) is 0 Å². The van der Waals surface area contributed by atoms with Crippen LogP contribution < -0.4 is 9.47 Å². The van der Waals surface area contributed by atoms with E-state index in [1.54, 1.807) is 7.11 Å². The predicted molar refractivity (Wildman–Crippen MR) is 110 cm³/mol. The number of hydrogen-bond acceptors (Lipinski definition) is 3. The number of benzene rings is 2. The lowest BCUT2D eigenvalue weighted by molar-refractivity contribution is 0.263. The monoisotopic (exact) mass is 364 g/mol. The highest BCUT2D eigenvalue weighted by atomic mass is 16.5. The van der Waals surface area contributed by atoms with Crippen LogP contribution in [-0.2, 0) is 0 Å². The quantitative estimate of drug-likeness (QED) is 0.563. The zero-order valence-electron chi connectivity index (χ0n) is 16.3. The summed E-state index contributed by atoms with van der Waals surface area (Å²) in [6.07, 6.45) is 3.79. The molecule has 0 radical (unpaired) electrons. The molecule has 0 amide bonds. The van der Waals surface area contributed by atoms with Gasteiger partial charge in [0.2, 0.25) is 0 Å². The molecular formula is C23H28N2O2. The molecule has 0 saturated carbocycles. The van der Waals surface area contributed by atoms with E-state index in [0.717, 1.165) is 36.8 Å². The zero-order valence-corrected chi connectivity index (χ0v) is 16.3. The average Bonchev–Trinajstić information content (AvgIpc) is 3.32. The fraction of sp³-hybridized carbons (Fsp3) is 0.391. The van der Waals surface area contributed by atoms with Gasteiger partial charge in [0.05, 0.1) is 19.2 Å². The Morgan fingerprint density at radius 1 is 0.926 bits per heavy atom. The number of aromatic nitrogens is 1. The number of hydrogen-bond donors (Lipinski definition) is 0. The van der Waals surface area contributed by atoms with Crippen LogP contribution in [0.3, 0.4) is 0 Å². The Balaban J connectivity index is 1.42. The molecule has 1 aliphatic rings. The number of aryl methyl sites for hydroxylation is 1. The van der Waals surface area contributed by atoms with Crippen LogP contribution in [0.1, 0.15) is 25.0 Å². The lowest BCUT2D eigenvalue weighted by Gasteiger charge is -2.14. The lowest BCUT2D eigenvalue weighted by atomic mass is 10.2. The van der Waals surface area contributed by atoms with Gasteiger partial charge in [-0.1, -0.05) is 0 Å². The van der Waals surface area contributed by atoms with Gasteiger partial charge < -0.3 is 18.9 Å². The van der Waals surface area contributed by atoms with Gasteiger partial charge in [-0.3, -0.25) is 0 Å².